The third kappa shape index (κ3) is 4.98. The Balaban J connectivity index is 1.65. The van der Waals surface area contributed by atoms with Crippen LogP contribution in [0.15, 0.2) is 64.1 Å². The molecule has 3 rings (SSSR count). The molecule has 27 heavy (non-hydrogen) atoms. The van der Waals surface area contributed by atoms with E-state index < -0.39 is 10.0 Å². The van der Waals surface area contributed by atoms with E-state index in [0.29, 0.717) is 22.2 Å². The van der Waals surface area contributed by atoms with Crippen molar-refractivity contribution >= 4 is 38.9 Å². The van der Waals surface area contributed by atoms with Crippen LogP contribution in [0.1, 0.15) is 21.0 Å². The zero-order valence-electron chi connectivity index (χ0n) is 14.4. The molecule has 1 N–H and O–H groups in total. The highest BCUT2D eigenvalue weighted by molar-refractivity contribution is 7.89. The second-order valence-electron chi connectivity index (χ2n) is 5.80. The maximum absolute atomic E-state index is 12.5. The quantitative estimate of drug-likeness (QED) is 0.626. The van der Waals surface area contributed by atoms with E-state index >= 15 is 0 Å². The van der Waals surface area contributed by atoms with Gasteiger partial charge in [0.05, 0.1) is 28.6 Å². The summed E-state index contributed by atoms with van der Waals surface area (Å²) >= 11 is 7.32. The summed E-state index contributed by atoms with van der Waals surface area (Å²) in [5.74, 6) is 0.313. The molecule has 0 radical (unpaired) electrons. The van der Waals surface area contributed by atoms with Crippen molar-refractivity contribution in [3.63, 3.8) is 0 Å². The van der Waals surface area contributed by atoms with Gasteiger partial charge in [-0.05, 0) is 48.5 Å². The summed E-state index contributed by atoms with van der Waals surface area (Å²) in [6, 6.07) is 12.8. The first-order chi connectivity index (χ1) is 12.8. The van der Waals surface area contributed by atoms with Crippen LogP contribution in [0.5, 0.6) is 0 Å². The topological polar surface area (TPSA) is 79.6 Å². The van der Waals surface area contributed by atoms with Crippen LogP contribution in [0.25, 0.3) is 0 Å². The third-order valence-corrected chi connectivity index (χ3v) is 6.43. The second kappa shape index (κ2) is 8.26. The van der Waals surface area contributed by atoms with Gasteiger partial charge in [0.2, 0.25) is 10.0 Å². The molecule has 0 aliphatic carbocycles. The summed E-state index contributed by atoms with van der Waals surface area (Å²) in [4.78, 5) is 15.1. The van der Waals surface area contributed by atoms with E-state index in [4.69, 9.17) is 16.0 Å². The molecule has 3 aromatic rings. The zero-order chi connectivity index (χ0) is 19.4. The van der Waals surface area contributed by atoms with Gasteiger partial charge in [-0.15, -0.1) is 11.3 Å². The zero-order valence-corrected chi connectivity index (χ0v) is 16.8. The number of furan rings is 1. The predicted octanol–water partition coefficient (Wildman–Crippen LogP) is 3.75. The van der Waals surface area contributed by atoms with Gasteiger partial charge in [-0.3, -0.25) is 4.79 Å². The monoisotopic (exact) mass is 424 g/mol. The molecule has 1 amide bonds. The average molecular weight is 425 g/mol. The fraction of sp³-hybridized carbons (Fsp3) is 0.167. The Hall–Kier alpha value is -2.13. The van der Waals surface area contributed by atoms with Gasteiger partial charge in [0, 0.05) is 17.5 Å². The number of benzene rings is 1. The lowest BCUT2D eigenvalue weighted by Crippen LogP contribution is -2.26. The lowest BCUT2D eigenvalue weighted by atomic mass is 10.2. The molecule has 1 aromatic carbocycles. The third-order valence-electron chi connectivity index (χ3n) is 3.80. The summed E-state index contributed by atoms with van der Waals surface area (Å²) in [6.07, 6.45) is 1.48. The van der Waals surface area contributed by atoms with Crippen LogP contribution in [0, 0.1) is 0 Å². The van der Waals surface area contributed by atoms with E-state index in [-0.39, 0.29) is 17.3 Å². The number of nitrogens with zero attached hydrogens (tertiary/aromatic N) is 1. The Labute approximate surface area is 166 Å². The summed E-state index contributed by atoms with van der Waals surface area (Å²) in [5, 5.41) is 0. The van der Waals surface area contributed by atoms with Crippen molar-refractivity contribution in [3.05, 3.63) is 75.3 Å². The minimum Gasteiger partial charge on any atom is -0.468 e. The van der Waals surface area contributed by atoms with Crippen molar-refractivity contribution in [2.24, 2.45) is 0 Å². The molecule has 6 nitrogen and oxygen atoms in total. The van der Waals surface area contributed by atoms with Gasteiger partial charge in [0.15, 0.2) is 0 Å². The predicted molar refractivity (Wildman–Crippen MR) is 104 cm³/mol. The van der Waals surface area contributed by atoms with E-state index in [1.807, 2.05) is 6.07 Å². The second-order valence-corrected chi connectivity index (χ2v) is 9.36. The number of hydrogen-bond acceptors (Lipinski definition) is 5. The fourth-order valence-electron chi connectivity index (χ4n) is 2.40. The molecule has 2 heterocycles. The van der Waals surface area contributed by atoms with Gasteiger partial charge >= 0.3 is 0 Å². The van der Waals surface area contributed by atoms with Crippen molar-refractivity contribution in [3.8, 4) is 0 Å². The van der Waals surface area contributed by atoms with Gasteiger partial charge < -0.3 is 9.32 Å². The standard InChI is InChI=1S/C18H17ClN2O4S2/c1-21(12-15-6-9-17(19)26-15)18(22)13-4-7-16(8-5-13)27(23,24)20-11-14-3-2-10-25-14/h2-10,20H,11-12H2,1H3. The number of amides is 1. The molecule has 9 heteroatoms. The van der Waals surface area contributed by atoms with Crippen molar-refractivity contribution < 1.29 is 17.6 Å². The van der Waals surface area contributed by atoms with Gasteiger partial charge in [0.1, 0.15) is 5.76 Å². The number of halogens is 1. The molecule has 0 saturated carbocycles. The molecule has 0 aliphatic rings. The molecule has 0 bridgehead atoms. The summed E-state index contributed by atoms with van der Waals surface area (Å²) in [5.41, 5.74) is 0.408. The largest absolute Gasteiger partial charge is 0.468 e. The average Bonchev–Trinajstić information content (AvgIpc) is 3.31. The van der Waals surface area contributed by atoms with Crippen LogP contribution in [-0.4, -0.2) is 26.3 Å². The molecule has 2 aromatic heterocycles. The number of carbonyl (C=O) groups excluding carboxylic acids is 1. The van der Waals surface area contributed by atoms with E-state index in [1.165, 1.54) is 41.9 Å². The lowest BCUT2D eigenvalue weighted by molar-refractivity contribution is 0.0786. The van der Waals surface area contributed by atoms with E-state index in [0.717, 1.165) is 4.88 Å². The van der Waals surface area contributed by atoms with Crippen molar-refractivity contribution in [2.45, 2.75) is 18.0 Å². The van der Waals surface area contributed by atoms with Crippen LogP contribution >= 0.6 is 22.9 Å². The Morgan fingerprint density at radius 1 is 1.19 bits per heavy atom. The number of thiophene rings is 1. The SMILES string of the molecule is CN(Cc1ccc(Cl)s1)C(=O)c1ccc(S(=O)(=O)NCc2ccco2)cc1. The fourth-order valence-corrected chi connectivity index (χ4v) is 4.54. The smallest absolute Gasteiger partial charge is 0.253 e. The molecule has 0 spiro atoms. The van der Waals surface area contributed by atoms with E-state index in [2.05, 4.69) is 4.72 Å². The molecule has 0 saturated heterocycles. The Kier molecular flexibility index (Phi) is 6.01. The first-order valence-corrected chi connectivity index (χ1v) is 10.6. The van der Waals surface area contributed by atoms with Gasteiger partial charge in [-0.2, -0.15) is 0 Å². The summed E-state index contributed by atoms with van der Waals surface area (Å²) < 4.78 is 32.9. The minimum atomic E-state index is -3.69. The molecule has 0 fully saturated rings. The normalized spacial score (nSPS) is 11.5. The van der Waals surface area contributed by atoms with Gasteiger partial charge in [0.25, 0.3) is 5.91 Å². The first-order valence-electron chi connectivity index (χ1n) is 7.97. The molecule has 0 atom stereocenters. The van der Waals surface area contributed by atoms with Crippen LogP contribution < -0.4 is 4.72 Å². The summed E-state index contributed by atoms with van der Waals surface area (Å²) in [7, 11) is -2.01. The first kappa shape index (κ1) is 19.6. The van der Waals surface area contributed by atoms with Crippen LogP contribution in [0.4, 0.5) is 0 Å². The molecule has 0 unspecified atom stereocenters. The Morgan fingerprint density at radius 3 is 2.52 bits per heavy atom. The number of carbonyl (C=O) groups is 1. The Morgan fingerprint density at radius 2 is 1.93 bits per heavy atom. The van der Waals surface area contributed by atoms with Crippen molar-refractivity contribution in [1.29, 1.82) is 0 Å². The maximum Gasteiger partial charge on any atom is 0.253 e. The Bertz CT molecular complexity index is 1010. The minimum absolute atomic E-state index is 0.0577. The van der Waals surface area contributed by atoms with Crippen LogP contribution in [-0.2, 0) is 23.1 Å². The van der Waals surface area contributed by atoms with Gasteiger partial charge in [-0.25, -0.2) is 13.1 Å². The number of rotatable bonds is 7. The number of sulfonamides is 1. The molecule has 0 aliphatic heterocycles. The number of hydrogen-bond donors (Lipinski definition) is 1. The number of nitrogens with one attached hydrogen (secondary N) is 1. The van der Waals surface area contributed by atoms with Crippen molar-refractivity contribution in [1.82, 2.24) is 9.62 Å². The van der Waals surface area contributed by atoms with E-state index in [1.54, 1.807) is 30.1 Å². The molecular formula is C18H17ClN2O4S2. The molecular weight excluding hydrogens is 408 g/mol. The summed E-state index contributed by atoms with van der Waals surface area (Å²) in [6.45, 7) is 0.489. The van der Waals surface area contributed by atoms with Gasteiger partial charge in [-0.1, -0.05) is 11.6 Å². The van der Waals surface area contributed by atoms with Crippen LogP contribution in [0.2, 0.25) is 4.34 Å². The highest BCUT2D eigenvalue weighted by Crippen LogP contribution is 2.23. The van der Waals surface area contributed by atoms with Crippen molar-refractivity contribution in [2.75, 3.05) is 7.05 Å². The maximum atomic E-state index is 12.5. The highest BCUT2D eigenvalue weighted by atomic mass is 35.5. The van der Waals surface area contributed by atoms with Crippen LogP contribution in [0.3, 0.4) is 0 Å². The molecule has 142 valence electrons. The highest BCUT2D eigenvalue weighted by Gasteiger charge is 2.17. The lowest BCUT2D eigenvalue weighted by Gasteiger charge is -2.16. The van der Waals surface area contributed by atoms with E-state index in [9.17, 15) is 13.2 Å².